The maximum absolute atomic E-state index is 14.4. The van der Waals surface area contributed by atoms with E-state index in [-0.39, 0.29) is 52.9 Å². The van der Waals surface area contributed by atoms with Crippen molar-refractivity contribution in [1.29, 1.82) is 0 Å². The number of nitrogens with zero attached hydrogens (tertiary/aromatic N) is 4. The number of aryl methyl sites for hydroxylation is 3. The number of ether oxygens (including phenoxy) is 2. The van der Waals surface area contributed by atoms with E-state index < -0.39 is 16.1 Å². The molecule has 1 atom stereocenters. The van der Waals surface area contributed by atoms with Gasteiger partial charge < -0.3 is 14.4 Å². The third kappa shape index (κ3) is 8.08. The highest BCUT2D eigenvalue weighted by molar-refractivity contribution is 7.92. The van der Waals surface area contributed by atoms with Gasteiger partial charge in [0, 0.05) is 17.2 Å². The van der Waals surface area contributed by atoms with Crippen molar-refractivity contribution in [3.63, 3.8) is 0 Å². The summed E-state index contributed by atoms with van der Waals surface area (Å²) in [4.78, 5) is 29.8. The maximum Gasteiger partial charge on any atom is 0.264 e. The fraction of sp³-hybridized carbons (Fsp3) is 0.389. The number of hydrogen-bond donors (Lipinski definition) is 1. The van der Waals surface area contributed by atoms with Crippen LogP contribution in [0.25, 0.3) is 11.3 Å². The Morgan fingerprint density at radius 1 is 1.00 bits per heavy atom. The van der Waals surface area contributed by atoms with Crippen LogP contribution in [-0.2, 0) is 16.6 Å². The van der Waals surface area contributed by atoms with Gasteiger partial charge in [-0.25, -0.2) is 18.1 Å². The predicted octanol–water partition coefficient (Wildman–Crippen LogP) is 6.89. The van der Waals surface area contributed by atoms with Gasteiger partial charge in [-0.1, -0.05) is 45.0 Å². The second-order valence-electron chi connectivity index (χ2n) is 13.6. The van der Waals surface area contributed by atoms with E-state index in [9.17, 15) is 13.2 Å². The molecule has 4 aromatic rings. The van der Waals surface area contributed by atoms with Gasteiger partial charge in [-0.3, -0.25) is 9.78 Å². The molecule has 2 aromatic heterocycles. The van der Waals surface area contributed by atoms with Crippen molar-refractivity contribution in [2.45, 2.75) is 85.4 Å². The Morgan fingerprint density at radius 3 is 2.36 bits per heavy atom. The number of anilines is 1. The highest BCUT2D eigenvalue weighted by Crippen LogP contribution is 2.32. The SMILES string of the molecule is Cc1cc(OC(C)C)cnc1CN1C(=O)c2cccc(c2)S(=O)(=O)Nc2nc(cc(-c3c(C)cccc3C)n2)OC[C@H]1CC(C)(C)C. The van der Waals surface area contributed by atoms with Crippen molar-refractivity contribution in [3.05, 3.63) is 88.7 Å². The number of rotatable bonds is 6. The summed E-state index contributed by atoms with van der Waals surface area (Å²) in [5.41, 5.74) is 4.95. The van der Waals surface area contributed by atoms with Crippen molar-refractivity contribution < 1.29 is 22.7 Å². The average molecular weight is 658 g/mol. The lowest BCUT2D eigenvalue weighted by Gasteiger charge is -2.36. The largest absolute Gasteiger partial charge is 0.489 e. The van der Waals surface area contributed by atoms with Crippen LogP contribution in [0.5, 0.6) is 11.6 Å². The summed E-state index contributed by atoms with van der Waals surface area (Å²) < 4.78 is 42.1. The van der Waals surface area contributed by atoms with Crippen molar-refractivity contribution in [1.82, 2.24) is 19.9 Å². The summed E-state index contributed by atoms with van der Waals surface area (Å²) in [5.74, 6) is 0.384. The lowest BCUT2D eigenvalue weighted by Crippen LogP contribution is -2.45. The van der Waals surface area contributed by atoms with Gasteiger partial charge >= 0.3 is 0 Å². The second kappa shape index (κ2) is 13.3. The first-order valence-corrected chi connectivity index (χ1v) is 17.2. The highest BCUT2D eigenvalue weighted by atomic mass is 32.2. The van der Waals surface area contributed by atoms with Gasteiger partial charge in [-0.05, 0) is 87.4 Å². The standard InChI is InChI=1S/C36H43N5O5S/c1-22(2)46-28-15-25(5)31(37-19-28)20-41-27(18-36(6,7)8)21-45-32-17-30(33-23(3)11-9-12-24(33)4)38-35(39-32)40-47(43,44)29-14-10-13-26(16-29)34(41)42/h9-17,19,22,27H,18,20-21H2,1-8H3,(H,38,39,40)/t27-/m1/s1. The number of amides is 1. The third-order valence-corrected chi connectivity index (χ3v) is 9.21. The Labute approximate surface area is 277 Å². The molecule has 1 aliphatic heterocycles. The molecule has 0 spiro atoms. The molecule has 1 N–H and O–H groups in total. The average Bonchev–Trinajstić information content (AvgIpc) is 2.97. The van der Waals surface area contributed by atoms with Crippen LogP contribution in [0.2, 0.25) is 0 Å². The van der Waals surface area contributed by atoms with E-state index in [0.717, 1.165) is 22.3 Å². The van der Waals surface area contributed by atoms with Crippen molar-refractivity contribution in [3.8, 4) is 22.9 Å². The van der Waals surface area contributed by atoms with Gasteiger partial charge in [0.1, 0.15) is 12.4 Å². The normalized spacial score (nSPS) is 16.4. The zero-order chi connectivity index (χ0) is 34.1. The van der Waals surface area contributed by atoms with Gasteiger partial charge in [-0.2, -0.15) is 4.98 Å². The van der Waals surface area contributed by atoms with Crippen LogP contribution in [0.1, 0.15) is 73.8 Å². The highest BCUT2D eigenvalue weighted by Gasteiger charge is 2.32. The van der Waals surface area contributed by atoms with Crippen LogP contribution in [-0.4, -0.2) is 52.9 Å². The van der Waals surface area contributed by atoms with Gasteiger partial charge in [0.15, 0.2) is 0 Å². The minimum atomic E-state index is -4.17. The third-order valence-electron chi connectivity index (χ3n) is 7.88. The van der Waals surface area contributed by atoms with Crippen molar-refractivity contribution >= 4 is 21.9 Å². The van der Waals surface area contributed by atoms with E-state index in [0.29, 0.717) is 23.6 Å². The minimum absolute atomic E-state index is 0.00771. The summed E-state index contributed by atoms with van der Waals surface area (Å²) in [7, 11) is -4.17. The molecule has 47 heavy (non-hydrogen) atoms. The molecule has 0 aliphatic carbocycles. The van der Waals surface area contributed by atoms with Crippen LogP contribution in [0.15, 0.2) is 65.7 Å². The fourth-order valence-electron chi connectivity index (χ4n) is 5.79. The van der Waals surface area contributed by atoms with E-state index >= 15 is 0 Å². The summed E-state index contributed by atoms with van der Waals surface area (Å²) in [6, 6.07) is 15.1. The lowest BCUT2D eigenvalue weighted by molar-refractivity contribution is 0.0508. The molecule has 2 aromatic carbocycles. The Balaban J connectivity index is 1.66. The van der Waals surface area contributed by atoms with Crippen molar-refractivity contribution in [2.24, 2.45) is 5.41 Å². The molecule has 0 fully saturated rings. The fourth-order valence-corrected chi connectivity index (χ4v) is 6.78. The molecule has 4 bridgehead atoms. The van der Waals surface area contributed by atoms with E-state index in [1.807, 2.05) is 58.9 Å². The Bertz CT molecular complexity index is 1880. The first kappa shape index (κ1) is 33.8. The first-order valence-electron chi connectivity index (χ1n) is 15.7. The van der Waals surface area contributed by atoms with Gasteiger partial charge in [-0.15, -0.1) is 0 Å². The van der Waals surface area contributed by atoms with E-state index in [2.05, 4.69) is 40.4 Å². The number of sulfonamides is 1. The molecule has 10 nitrogen and oxygen atoms in total. The summed E-state index contributed by atoms with van der Waals surface area (Å²) >= 11 is 0. The molecule has 5 rings (SSSR count). The second-order valence-corrected chi connectivity index (χ2v) is 15.3. The Morgan fingerprint density at radius 2 is 1.70 bits per heavy atom. The number of benzene rings is 2. The zero-order valence-corrected chi connectivity index (χ0v) is 29.1. The molecule has 3 heterocycles. The van der Waals surface area contributed by atoms with Crippen LogP contribution in [0.4, 0.5) is 5.95 Å². The topological polar surface area (TPSA) is 124 Å². The molecule has 0 saturated carbocycles. The molecule has 0 radical (unpaired) electrons. The molecule has 1 amide bonds. The van der Waals surface area contributed by atoms with Crippen LogP contribution in [0, 0.1) is 26.2 Å². The quantitative estimate of drug-likeness (QED) is 0.238. The maximum atomic E-state index is 14.4. The number of pyridine rings is 1. The van der Waals surface area contributed by atoms with Crippen LogP contribution in [0.3, 0.4) is 0 Å². The van der Waals surface area contributed by atoms with Crippen LogP contribution >= 0.6 is 0 Å². The molecular weight excluding hydrogens is 614 g/mol. The number of carbonyl (C=O) groups excluding carboxylic acids is 1. The molecule has 11 heteroatoms. The van der Waals surface area contributed by atoms with Crippen molar-refractivity contribution in [2.75, 3.05) is 11.3 Å². The van der Waals surface area contributed by atoms with E-state index in [1.165, 1.54) is 12.1 Å². The molecule has 1 aliphatic rings. The number of nitrogens with one attached hydrogen (secondary N) is 1. The summed E-state index contributed by atoms with van der Waals surface area (Å²) in [5, 5.41) is 0. The van der Waals surface area contributed by atoms with Gasteiger partial charge in [0.05, 0.1) is 41.2 Å². The Kier molecular flexibility index (Phi) is 9.58. The van der Waals surface area contributed by atoms with Gasteiger partial charge in [0.25, 0.3) is 15.9 Å². The monoisotopic (exact) mass is 657 g/mol. The number of hydrogen-bond acceptors (Lipinski definition) is 8. The molecule has 248 valence electrons. The van der Waals surface area contributed by atoms with Gasteiger partial charge in [0.2, 0.25) is 11.8 Å². The number of carbonyl (C=O) groups is 1. The van der Waals surface area contributed by atoms with Crippen LogP contribution < -0.4 is 14.2 Å². The van der Waals surface area contributed by atoms with E-state index in [4.69, 9.17) is 9.47 Å². The molecular formula is C36H43N5O5S. The first-order chi connectivity index (χ1) is 22.1. The van der Waals surface area contributed by atoms with E-state index in [1.54, 1.807) is 29.3 Å². The predicted molar refractivity (Wildman–Crippen MR) is 182 cm³/mol. The lowest BCUT2D eigenvalue weighted by atomic mass is 9.87. The zero-order valence-electron chi connectivity index (χ0n) is 28.3. The smallest absolute Gasteiger partial charge is 0.264 e. The summed E-state index contributed by atoms with van der Waals surface area (Å²) in [6.45, 7) is 16.4. The summed E-state index contributed by atoms with van der Waals surface area (Å²) in [6.07, 6.45) is 2.25. The number of aromatic nitrogens is 3. The number of fused-ring (bicyclic) bond motifs is 4. The Hall–Kier alpha value is -4.51. The molecule has 0 saturated heterocycles. The molecule has 0 unspecified atom stereocenters. The minimum Gasteiger partial charge on any atom is -0.489 e.